The van der Waals surface area contributed by atoms with Crippen molar-refractivity contribution in [1.82, 2.24) is 25.3 Å². The minimum atomic E-state index is -4.68. The molecule has 130 valence electrons. The molecule has 25 heavy (non-hydrogen) atoms. The van der Waals surface area contributed by atoms with E-state index in [4.69, 9.17) is 9.26 Å². The summed E-state index contributed by atoms with van der Waals surface area (Å²) in [5.41, 5.74) is 0.811. The molecule has 8 nitrogen and oxygen atoms in total. The molecule has 11 heteroatoms. The van der Waals surface area contributed by atoms with Gasteiger partial charge in [-0.25, -0.2) is 0 Å². The van der Waals surface area contributed by atoms with E-state index in [2.05, 4.69) is 29.8 Å². The maximum absolute atomic E-state index is 12.4. The van der Waals surface area contributed by atoms with Gasteiger partial charge in [0.05, 0.1) is 5.69 Å². The van der Waals surface area contributed by atoms with Gasteiger partial charge < -0.3 is 9.26 Å². The highest BCUT2D eigenvalue weighted by Crippen LogP contribution is 2.38. The maximum Gasteiger partial charge on any atom is 0.471 e. The van der Waals surface area contributed by atoms with E-state index in [9.17, 15) is 13.2 Å². The van der Waals surface area contributed by atoms with Gasteiger partial charge in [0.25, 0.3) is 0 Å². The quantitative estimate of drug-likeness (QED) is 0.690. The number of aromatic nitrogens is 5. The van der Waals surface area contributed by atoms with Crippen LogP contribution in [0.25, 0.3) is 11.4 Å². The van der Waals surface area contributed by atoms with E-state index < -0.39 is 12.1 Å². The molecule has 0 radical (unpaired) electrons. The van der Waals surface area contributed by atoms with Crippen LogP contribution < -0.4 is 4.74 Å². The molecule has 1 aliphatic carbocycles. The molecule has 0 N–H and O–H groups in total. The number of ether oxygens (including phenoxy) is 1. The van der Waals surface area contributed by atoms with Gasteiger partial charge in [-0.3, -0.25) is 9.51 Å². The molecule has 0 spiro atoms. The molecule has 3 heterocycles. The molecule has 3 aromatic heterocycles. The highest BCUT2D eigenvalue weighted by molar-refractivity contribution is 5.52. The van der Waals surface area contributed by atoms with Gasteiger partial charge >= 0.3 is 18.1 Å². The van der Waals surface area contributed by atoms with Gasteiger partial charge in [0.15, 0.2) is 5.82 Å². The van der Waals surface area contributed by atoms with E-state index in [1.807, 2.05) is 0 Å². The standard InChI is InChI=1S/C14H10F3N5O3/c15-14(16,17)12-19-11(21-24-12)8-3-4-9(18-5-8)6-23-13-20-10(22-25-13)7-1-2-7/h3-5,7H,1-2,6H2. The Balaban J connectivity index is 1.40. The fourth-order valence-corrected chi connectivity index (χ4v) is 2.02. The Morgan fingerprint density at radius 2 is 1.96 bits per heavy atom. The molecule has 0 aromatic carbocycles. The van der Waals surface area contributed by atoms with Crippen molar-refractivity contribution in [1.29, 1.82) is 0 Å². The zero-order chi connectivity index (χ0) is 17.4. The predicted molar refractivity (Wildman–Crippen MR) is 73.1 cm³/mol. The van der Waals surface area contributed by atoms with Crippen molar-refractivity contribution < 1.29 is 27.0 Å². The van der Waals surface area contributed by atoms with Crippen LogP contribution in [0.15, 0.2) is 27.4 Å². The summed E-state index contributed by atoms with van der Waals surface area (Å²) in [4.78, 5) is 11.5. The molecule has 4 rings (SSSR count). The van der Waals surface area contributed by atoms with Crippen LogP contribution in [-0.4, -0.2) is 25.3 Å². The fraction of sp³-hybridized carbons (Fsp3) is 0.357. The molecule has 0 bridgehead atoms. The first-order valence-corrected chi connectivity index (χ1v) is 7.31. The van der Waals surface area contributed by atoms with Gasteiger partial charge in [-0.2, -0.15) is 23.1 Å². The summed E-state index contributed by atoms with van der Waals surface area (Å²) in [5.74, 6) is -0.609. The van der Waals surface area contributed by atoms with Crippen LogP contribution in [0.2, 0.25) is 0 Å². The fourth-order valence-electron chi connectivity index (χ4n) is 2.02. The summed E-state index contributed by atoms with van der Waals surface area (Å²) in [6, 6.07) is 3.08. The van der Waals surface area contributed by atoms with Gasteiger partial charge in [-0.1, -0.05) is 10.3 Å². The number of hydrogen-bond donors (Lipinski definition) is 0. The molecule has 0 amide bonds. The second-order valence-electron chi connectivity index (χ2n) is 5.44. The number of alkyl halides is 3. The van der Waals surface area contributed by atoms with Crippen molar-refractivity contribution >= 4 is 0 Å². The Morgan fingerprint density at radius 3 is 2.60 bits per heavy atom. The van der Waals surface area contributed by atoms with Crippen LogP contribution in [0.4, 0.5) is 13.2 Å². The van der Waals surface area contributed by atoms with Crippen molar-refractivity contribution in [3.05, 3.63) is 35.7 Å². The minimum absolute atomic E-state index is 0.0563. The Morgan fingerprint density at radius 1 is 1.12 bits per heavy atom. The highest BCUT2D eigenvalue weighted by Gasteiger charge is 2.38. The molecule has 0 saturated heterocycles. The monoisotopic (exact) mass is 353 g/mol. The topological polar surface area (TPSA) is 100.0 Å². The van der Waals surface area contributed by atoms with Gasteiger partial charge in [0.2, 0.25) is 5.82 Å². The summed E-state index contributed by atoms with van der Waals surface area (Å²) in [5, 5.41) is 7.11. The summed E-state index contributed by atoms with van der Waals surface area (Å²) in [6.45, 7) is 0.0760. The molecule has 0 atom stereocenters. The lowest BCUT2D eigenvalue weighted by Crippen LogP contribution is -2.04. The van der Waals surface area contributed by atoms with E-state index in [0.29, 0.717) is 17.4 Å². The molecule has 3 aromatic rings. The van der Waals surface area contributed by atoms with Crippen molar-refractivity contribution in [2.45, 2.75) is 31.5 Å². The third-order valence-electron chi connectivity index (χ3n) is 3.46. The average Bonchev–Trinajstić information content (AvgIpc) is 3.12. The van der Waals surface area contributed by atoms with Crippen LogP contribution in [0.5, 0.6) is 6.08 Å². The van der Waals surface area contributed by atoms with Gasteiger partial charge in [-0.05, 0) is 25.0 Å². The van der Waals surface area contributed by atoms with Gasteiger partial charge in [0, 0.05) is 17.7 Å². The van der Waals surface area contributed by atoms with E-state index in [-0.39, 0.29) is 24.1 Å². The SMILES string of the molecule is FC(F)(F)c1nc(-c2ccc(COc3nc(C4CC4)no3)nc2)no1. The van der Waals surface area contributed by atoms with Gasteiger partial charge in [-0.15, -0.1) is 0 Å². The molecule has 0 unspecified atom stereocenters. The predicted octanol–water partition coefficient (Wildman–Crippen LogP) is 2.99. The highest BCUT2D eigenvalue weighted by atomic mass is 19.4. The molecular weight excluding hydrogens is 343 g/mol. The first-order chi connectivity index (χ1) is 12.0. The largest absolute Gasteiger partial charge is 0.471 e. The number of rotatable bonds is 5. The molecule has 0 aliphatic heterocycles. The van der Waals surface area contributed by atoms with Crippen molar-refractivity contribution in [2.75, 3.05) is 0 Å². The second kappa shape index (κ2) is 5.83. The van der Waals surface area contributed by atoms with Crippen LogP contribution in [0.1, 0.15) is 36.2 Å². The number of hydrogen-bond acceptors (Lipinski definition) is 8. The summed E-state index contributed by atoms with van der Waals surface area (Å²) in [6.07, 6.45) is -1.20. The van der Waals surface area contributed by atoms with E-state index in [1.165, 1.54) is 12.3 Å². The third-order valence-corrected chi connectivity index (χ3v) is 3.46. The zero-order valence-electron chi connectivity index (χ0n) is 12.5. The summed E-state index contributed by atoms with van der Waals surface area (Å²) >= 11 is 0. The van der Waals surface area contributed by atoms with Crippen molar-refractivity contribution in [3.63, 3.8) is 0 Å². The molecule has 1 saturated carbocycles. The third kappa shape index (κ3) is 3.44. The number of pyridine rings is 1. The lowest BCUT2D eigenvalue weighted by molar-refractivity contribution is -0.159. The van der Waals surface area contributed by atoms with E-state index in [0.717, 1.165) is 12.8 Å². The van der Waals surface area contributed by atoms with Crippen molar-refractivity contribution in [2.24, 2.45) is 0 Å². The van der Waals surface area contributed by atoms with Gasteiger partial charge in [0.1, 0.15) is 6.61 Å². The second-order valence-corrected chi connectivity index (χ2v) is 5.44. The number of halogens is 3. The Labute approximate surface area is 138 Å². The normalized spacial score (nSPS) is 14.7. The maximum atomic E-state index is 12.4. The minimum Gasteiger partial charge on any atom is -0.442 e. The van der Waals surface area contributed by atoms with E-state index in [1.54, 1.807) is 6.07 Å². The molecular formula is C14H10F3N5O3. The zero-order valence-corrected chi connectivity index (χ0v) is 12.5. The molecule has 1 aliphatic rings. The Kier molecular flexibility index (Phi) is 3.62. The van der Waals surface area contributed by atoms with Crippen molar-refractivity contribution in [3.8, 4) is 17.5 Å². The lowest BCUT2D eigenvalue weighted by atomic mass is 10.2. The first kappa shape index (κ1) is 15.5. The van der Waals surface area contributed by atoms with Crippen LogP contribution in [0.3, 0.4) is 0 Å². The smallest absolute Gasteiger partial charge is 0.442 e. The van der Waals surface area contributed by atoms with E-state index >= 15 is 0 Å². The summed E-state index contributed by atoms with van der Waals surface area (Å²) in [7, 11) is 0. The Hall–Kier alpha value is -2.98. The van der Waals surface area contributed by atoms with Crippen LogP contribution in [-0.2, 0) is 12.8 Å². The van der Waals surface area contributed by atoms with Crippen LogP contribution >= 0.6 is 0 Å². The molecule has 1 fully saturated rings. The average molecular weight is 353 g/mol. The first-order valence-electron chi connectivity index (χ1n) is 7.31. The Bertz CT molecular complexity index is 870. The lowest BCUT2D eigenvalue weighted by Gasteiger charge is -2.01. The van der Waals surface area contributed by atoms with Crippen LogP contribution in [0, 0.1) is 0 Å². The number of nitrogens with zero attached hydrogens (tertiary/aromatic N) is 5. The summed E-state index contributed by atoms with van der Waals surface area (Å²) < 4.78 is 51.8.